The number of carboxylic acids is 1. The number of pyridine rings is 1. The number of carbonyl (C=O) groups is 2. The van der Waals surface area contributed by atoms with Crippen LogP contribution in [0.2, 0.25) is 0 Å². The van der Waals surface area contributed by atoms with Gasteiger partial charge in [-0.25, -0.2) is 4.98 Å². The predicted molar refractivity (Wildman–Crippen MR) is 170 cm³/mol. The zero-order valence-electron chi connectivity index (χ0n) is 26.0. The second kappa shape index (κ2) is 14.5. The summed E-state index contributed by atoms with van der Waals surface area (Å²) in [5.41, 5.74) is -0.346. The fourth-order valence-electron chi connectivity index (χ4n) is 6.95. The Labute approximate surface area is 261 Å². The van der Waals surface area contributed by atoms with Gasteiger partial charge in [0.05, 0.1) is 23.7 Å². The van der Waals surface area contributed by atoms with E-state index in [-0.39, 0.29) is 29.4 Å². The van der Waals surface area contributed by atoms with Crippen molar-refractivity contribution in [1.82, 2.24) is 9.88 Å². The Balaban J connectivity index is 1.33. The average Bonchev–Trinajstić information content (AvgIpc) is 3.68. The van der Waals surface area contributed by atoms with E-state index in [1.165, 1.54) is 24.6 Å². The van der Waals surface area contributed by atoms with Crippen LogP contribution in [0.25, 0.3) is 0 Å². The number of nitrogens with zero attached hydrogens (tertiary/aromatic N) is 2. The van der Waals surface area contributed by atoms with Gasteiger partial charge in [0.25, 0.3) is 0 Å². The highest BCUT2D eigenvalue weighted by Crippen LogP contribution is 2.41. The van der Waals surface area contributed by atoms with Crippen LogP contribution in [-0.2, 0) is 14.3 Å². The van der Waals surface area contributed by atoms with Gasteiger partial charge >= 0.3 is 5.97 Å². The predicted octanol–water partition coefficient (Wildman–Crippen LogP) is 6.87. The Morgan fingerprint density at radius 2 is 1.74 bits per heavy atom. The lowest BCUT2D eigenvalue weighted by Gasteiger charge is -2.43. The first-order valence-electron chi connectivity index (χ1n) is 16.3. The molecule has 3 saturated carbocycles. The molecule has 5 rings (SSSR count). The van der Waals surface area contributed by atoms with Crippen LogP contribution >= 0.6 is 11.8 Å². The fourth-order valence-corrected chi connectivity index (χ4v) is 8.00. The van der Waals surface area contributed by atoms with Crippen molar-refractivity contribution >= 4 is 23.6 Å². The van der Waals surface area contributed by atoms with Crippen LogP contribution in [0.1, 0.15) is 97.8 Å². The lowest BCUT2D eigenvalue weighted by atomic mass is 9.81. The van der Waals surface area contributed by atoms with E-state index < -0.39 is 17.3 Å². The third-order valence-corrected chi connectivity index (χ3v) is 10.8. The fraction of sp³-hybridized carbons (Fsp3) is 0.686. The van der Waals surface area contributed by atoms with Gasteiger partial charge in [0.15, 0.2) is 0 Å². The molecule has 0 radical (unpaired) electrons. The van der Waals surface area contributed by atoms with Crippen molar-refractivity contribution in [1.29, 1.82) is 0 Å². The number of hydrogen-bond donors (Lipinski definition) is 1. The Morgan fingerprint density at radius 1 is 1.02 bits per heavy atom. The monoisotopic (exact) mass is 608 g/mol. The van der Waals surface area contributed by atoms with Gasteiger partial charge in [0.2, 0.25) is 11.8 Å². The summed E-state index contributed by atoms with van der Waals surface area (Å²) in [4.78, 5) is 33.9. The zero-order valence-corrected chi connectivity index (χ0v) is 26.8. The molecule has 1 aliphatic heterocycles. The van der Waals surface area contributed by atoms with Gasteiger partial charge in [-0.15, -0.1) is 0 Å². The minimum Gasteiger partial charge on any atom is -0.480 e. The molecular weight excluding hydrogens is 560 g/mol. The lowest BCUT2D eigenvalue weighted by molar-refractivity contribution is -0.144. The highest BCUT2D eigenvalue weighted by Gasteiger charge is 2.45. The van der Waals surface area contributed by atoms with Crippen molar-refractivity contribution in [3.05, 3.63) is 35.4 Å². The van der Waals surface area contributed by atoms with Crippen molar-refractivity contribution in [3.8, 4) is 17.7 Å². The van der Waals surface area contributed by atoms with Crippen molar-refractivity contribution in [3.63, 3.8) is 0 Å². The number of hydrogen-bond acceptors (Lipinski definition) is 6. The lowest BCUT2D eigenvalue weighted by Crippen LogP contribution is -2.54. The zero-order chi connectivity index (χ0) is 30.4. The van der Waals surface area contributed by atoms with Crippen LogP contribution in [-0.4, -0.2) is 63.0 Å². The highest BCUT2D eigenvalue weighted by molar-refractivity contribution is 8.05. The van der Waals surface area contributed by atoms with Crippen molar-refractivity contribution < 1.29 is 24.2 Å². The molecule has 8 heteroatoms. The molecule has 4 aliphatic rings. The first kappa shape index (κ1) is 31.9. The Morgan fingerprint density at radius 3 is 2.40 bits per heavy atom. The summed E-state index contributed by atoms with van der Waals surface area (Å²) in [7, 11) is 0. The maximum atomic E-state index is 14.3. The number of rotatable bonds is 9. The molecule has 2 heterocycles. The quantitative estimate of drug-likeness (QED) is 0.306. The minimum absolute atomic E-state index is 0.0253. The maximum absolute atomic E-state index is 14.3. The number of aromatic nitrogens is 1. The van der Waals surface area contributed by atoms with Crippen LogP contribution in [0.15, 0.2) is 35.4 Å². The van der Waals surface area contributed by atoms with E-state index in [0.29, 0.717) is 24.5 Å². The van der Waals surface area contributed by atoms with Crippen molar-refractivity contribution in [2.45, 2.75) is 127 Å². The van der Waals surface area contributed by atoms with E-state index in [9.17, 15) is 14.7 Å². The number of aliphatic carboxylic acids is 1. The van der Waals surface area contributed by atoms with Gasteiger partial charge in [-0.3, -0.25) is 9.59 Å². The number of carbonyl (C=O) groups excluding carboxylic acids is 1. The second-order valence-corrected chi connectivity index (χ2v) is 14.9. The molecule has 0 saturated heterocycles. The summed E-state index contributed by atoms with van der Waals surface area (Å²) in [6.45, 7) is 6.96. The van der Waals surface area contributed by atoms with Crippen LogP contribution in [0.3, 0.4) is 0 Å². The summed E-state index contributed by atoms with van der Waals surface area (Å²) in [5.74, 6) is 7.09. The summed E-state index contributed by atoms with van der Waals surface area (Å²) in [6.07, 6.45) is 15.7. The van der Waals surface area contributed by atoms with E-state index in [1.54, 1.807) is 6.20 Å². The molecule has 2 unspecified atom stereocenters. The molecule has 1 aromatic heterocycles. The summed E-state index contributed by atoms with van der Waals surface area (Å²) in [6, 6.07) is 5.11. The Hall–Kier alpha value is -2.50. The molecule has 3 aliphatic carbocycles. The van der Waals surface area contributed by atoms with E-state index in [4.69, 9.17) is 9.47 Å². The van der Waals surface area contributed by atoms with Gasteiger partial charge in [0.1, 0.15) is 11.4 Å². The summed E-state index contributed by atoms with van der Waals surface area (Å²) >= 11 is 1.29. The normalized spacial score (nSPS) is 29.8. The number of ether oxygens (including phenoxy) is 2. The third-order valence-electron chi connectivity index (χ3n) is 9.54. The SMILES string of the molecule is CC(C)(C#CC1=CC(N(C(=O)[C@H]2CC[C@H](C)CC2)[C@H]2CC[C@H](Oc3ccccn3)CC2)C(C(=O)O)S1)COC1CCCC1. The number of carboxylic acid groups (broad SMARTS) is 1. The second-order valence-electron chi connectivity index (χ2n) is 13.7. The first-order valence-corrected chi connectivity index (χ1v) is 17.2. The van der Waals surface area contributed by atoms with Crippen molar-refractivity contribution in [2.75, 3.05) is 6.61 Å². The Kier molecular flexibility index (Phi) is 10.8. The molecule has 234 valence electrons. The molecule has 43 heavy (non-hydrogen) atoms. The Bertz CT molecular complexity index is 1190. The molecular formula is C35H48N2O5S. The van der Waals surface area contributed by atoms with Crippen LogP contribution in [0.5, 0.6) is 5.88 Å². The average molecular weight is 609 g/mol. The highest BCUT2D eigenvalue weighted by atomic mass is 32.2. The standard InChI is InChI=1S/C35H48N2O5S/c1-24-11-13-25(14-12-24)33(38)37(26-15-17-28(18-16-26)42-31-10-6-7-21-36-31)30-22-29(43-32(30)34(39)40)19-20-35(2,3)23-41-27-8-4-5-9-27/h6-7,10,21-22,24-28,30,32H,4-5,8-9,11-18,23H2,1-3H3,(H,39,40)/t24-,25-,26-,28-,30?,32?. The molecule has 1 amide bonds. The third kappa shape index (κ3) is 8.57. The number of allylic oxidation sites excluding steroid dienone is 1. The molecule has 1 N–H and O–H groups in total. The van der Waals surface area contributed by atoms with E-state index in [2.05, 4.69) is 37.6 Å². The van der Waals surface area contributed by atoms with Gasteiger partial charge in [0, 0.05) is 29.6 Å². The van der Waals surface area contributed by atoms with E-state index in [0.717, 1.165) is 69.1 Å². The smallest absolute Gasteiger partial charge is 0.319 e. The van der Waals surface area contributed by atoms with Gasteiger partial charge < -0.3 is 19.5 Å². The van der Waals surface area contributed by atoms with Gasteiger partial charge in [-0.2, -0.15) is 0 Å². The molecule has 2 atom stereocenters. The first-order chi connectivity index (χ1) is 20.7. The van der Waals surface area contributed by atoms with Gasteiger partial charge in [-0.1, -0.05) is 49.4 Å². The van der Waals surface area contributed by atoms with Crippen LogP contribution < -0.4 is 4.74 Å². The van der Waals surface area contributed by atoms with Crippen molar-refractivity contribution in [2.24, 2.45) is 17.3 Å². The molecule has 0 bridgehead atoms. The molecule has 0 spiro atoms. The molecule has 7 nitrogen and oxygen atoms in total. The van der Waals surface area contributed by atoms with E-state index in [1.807, 2.05) is 29.2 Å². The number of amides is 1. The largest absolute Gasteiger partial charge is 0.480 e. The minimum atomic E-state index is -0.894. The molecule has 0 aromatic carbocycles. The summed E-state index contributed by atoms with van der Waals surface area (Å²) in [5, 5.41) is 9.56. The maximum Gasteiger partial charge on any atom is 0.319 e. The van der Waals surface area contributed by atoms with Crippen LogP contribution in [0, 0.1) is 29.1 Å². The van der Waals surface area contributed by atoms with E-state index >= 15 is 0 Å². The van der Waals surface area contributed by atoms with Crippen LogP contribution in [0.4, 0.5) is 0 Å². The molecule has 3 fully saturated rings. The number of thioether (sulfide) groups is 1. The topological polar surface area (TPSA) is 89.0 Å². The summed E-state index contributed by atoms with van der Waals surface area (Å²) < 4.78 is 12.3. The molecule has 1 aromatic rings. The van der Waals surface area contributed by atoms with Gasteiger partial charge in [-0.05, 0) is 96.1 Å².